The van der Waals surface area contributed by atoms with E-state index in [0.29, 0.717) is 0 Å². The van der Waals surface area contributed by atoms with Crippen LogP contribution in [0.1, 0.15) is 34.6 Å². The number of nitrogens with zero attached hydrogens (tertiary/aromatic N) is 1. The van der Waals surface area contributed by atoms with Gasteiger partial charge in [-0.1, -0.05) is 0 Å². The van der Waals surface area contributed by atoms with Gasteiger partial charge < -0.3 is 9.96 Å². The molecular weight excluding hydrogens is 138 g/mol. The fraction of sp³-hybridized carbons (Fsp3) is 1.00. The van der Waals surface area contributed by atoms with Crippen LogP contribution in [0.5, 0.6) is 0 Å². The molecule has 2 nitrogen and oxygen atoms in total. The average Bonchev–Trinajstić information content (AvgIpc) is 1.92. The van der Waals surface area contributed by atoms with Crippen molar-refractivity contribution in [2.24, 2.45) is 0 Å². The number of hydrogen-bond donors (Lipinski definition) is 0. The third-order valence-corrected chi connectivity index (χ3v) is 2.98. The third kappa shape index (κ3) is 2.80. The van der Waals surface area contributed by atoms with Crippen LogP contribution in [0.25, 0.3) is 0 Å². The molecule has 0 saturated carbocycles. The van der Waals surface area contributed by atoms with Crippen LogP contribution in [0.3, 0.4) is 0 Å². The van der Waals surface area contributed by atoms with Gasteiger partial charge in [-0.2, -0.15) is 0 Å². The Kier molecular flexibility index (Phi) is 6.82. The Balaban J connectivity index is 0. The zero-order valence-corrected chi connectivity index (χ0v) is 8.59. The predicted octanol–water partition coefficient (Wildman–Crippen LogP) is 2.09. The van der Waals surface area contributed by atoms with Gasteiger partial charge >= 0.3 is 0 Å². The molecule has 0 rings (SSSR count). The van der Waals surface area contributed by atoms with Gasteiger partial charge in [0, 0.05) is 0 Å². The molecule has 0 aliphatic heterocycles. The lowest BCUT2D eigenvalue weighted by Crippen LogP contribution is -2.52. The zero-order valence-electron chi connectivity index (χ0n) is 8.59. The van der Waals surface area contributed by atoms with Gasteiger partial charge in [0.05, 0.1) is 25.7 Å². The van der Waals surface area contributed by atoms with Crippen LogP contribution in [0.15, 0.2) is 0 Å². The van der Waals surface area contributed by atoms with Gasteiger partial charge in [-0.15, -0.1) is 0 Å². The smallest absolute Gasteiger partial charge is 0.0833 e. The minimum atomic E-state index is 0. The second-order valence-corrected chi connectivity index (χ2v) is 3.26. The molecule has 70 valence electrons. The fourth-order valence-electron chi connectivity index (χ4n) is 1.77. The summed E-state index contributed by atoms with van der Waals surface area (Å²) in [7, 11) is 0. The molecule has 0 aliphatic rings. The molecule has 0 atom stereocenters. The van der Waals surface area contributed by atoms with Crippen LogP contribution in [0, 0.1) is 0 Å². The molecule has 0 fully saturated rings. The molecule has 0 heterocycles. The van der Waals surface area contributed by atoms with Crippen molar-refractivity contribution in [2.75, 3.05) is 19.6 Å². The first-order valence-corrected chi connectivity index (χ1v) is 4.48. The lowest BCUT2D eigenvalue weighted by Gasteiger charge is -2.39. The molecule has 0 unspecified atom stereocenters. The van der Waals surface area contributed by atoms with E-state index in [2.05, 4.69) is 34.6 Å². The Morgan fingerprint density at radius 1 is 0.909 bits per heavy atom. The number of hydrogen-bond acceptors (Lipinski definition) is 1. The minimum Gasteiger partial charge on any atom is -0.870 e. The lowest BCUT2D eigenvalue weighted by atomic mass is 10.2. The number of quaternary nitrogens is 1. The van der Waals surface area contributed by atoms with Crippen molar-refractivity contribution in [1.82, 2.24) is 0 Å². The van der Waals surface area contributed by atoms with Crippen LogP contribution < -0.4 is 0 Å². The summed E-state index contributed by atoms with van der Waals surface area (Å²) in [6.45, 7) is 15.3. The zero-order chi connectivity index (χ0) is 8.20. The summed E-state index contributed by atoms with van der Waals surface area (Å²) in [6, 6.07) is 0.778. The summed E-state index contributed by atoms with van der Waals surface area (Å²) in [5.74, 6) is 0. The van der Waals surface area contributed by atoms with E-state index in [-0.39, 0.29) is 5.48 Å². The van der Waals surface area contributed by atoms with E-state index in [1.54, 1.807) is 0 Å². The van der Waals surface area contributed by atoms with Gasteiger partial charge in [-0.3, -0.25) is 0 Å². The number of rotatable bonds is 4. The van der Waals surface area contributed by atoms with Crippen molar-refractivity contribution < 1.29 is 9.96 Å². The van der Waals surface area contributed by atoms with Gasteiger partial charge in [0.25, 0.3) is 0 Å². The van der Waals surface area contributed by atoms with Crippen molar-refractivity contribution in [3.63, 3.8) is 0 Å². The van der Waals surface area contributed by atoms with E-state index in [4.69, 9.17) is 0 Å². The Hall–Kier alpha value is -0.0800. The van der Waals surface area contributed by atoms with Gasteiger partial charge in [0.1, 0.15) is 0 Å². The van der Waals surface area contributed by atoms with Crippen molar-refractivity contribution >= 4 is 0 Å². The van der Waals surface area contributed by atoms with E-state index in [1.165, 1.54) is 24.1 Å². The van der Waals surface area contributed by atoms with E-state index >= 15 is 0 Å². The minimum absolute atomic E-state index is 0. The fourth-order valence-corrected chi connectivity index (χ4v) is 1.77. The molecule has 0 amide bonds. The van der Waals surface area contributed by atoms with Crippen LogP contribution in [0.4, 0.5) is 0 Å². The van der Waals surface area contributed by atoms with Crippen LogP contribution in [-0.4, -0.2) is 35.6 Å². The summed E-state index contributed by atoms with van der Waals surface area (Å²) in [5.41, 5.74) is 0. The van der Waals surface area contributed by atoms with Crippen molar-refractivity contribution in [1.29, 1.82) is 0 Å². The molecule has 0 radical (unpaired) electrons. The molecule has 0 saturated heterocycles. The molecule has 0 aromatic heterocycles. The summed E-state index contributed by atoms with van der Waals surface area (Å²) in [6.07, 6.45) is 0. The highest BCUT2D eigenvalue weighted by Crippen LogP contribution is 2.11. The van der Waals surface area contributed by atoms with E-state index in [1.807, 2.05) is 0 Å². The maximum absolute atomic E-state index is 2.32. The van der Waals surface area contributed by atoms with Crippen LogP contribution in [-0.2, 0) is 0 Å². The van der Waals surface area contributed by atoms with Crippen molar-refractivity contribution in [2.45, 2.75) is 40.7 Å². The molecule has 2 heteroatoms. The summed E-state index contributed by atoms with van der Waals surface area (Å²) < 4.78 is 1.26. The average molecular weight is 161 g/mol. The molecule has 1 N–H and O–H groups in total. The molecule has 11 heavy (non-hydrogen) atoms. The van der Waals surface area contributed by atoms with Crippen molar-refractivity contribution in [3.05, 3.63) is 0 Å². The quantitative estimate of drug-likeness (QED) is 0.581. The molecule has 0 spiro atoms. The monoisotopic (exact) mass is 161 g/mol. The predicted molar refractivity (Wildman–Crippen MR) is 49.0 cm³/mol. The highest BCUT2D eigenvalue weighted by atomic mass is 16.0. The Morgan fingerprint density at radius 2 is 1.18 bits per heavy atom. The third-order valence-electron chi connectivity index (χ3n) is 2.98. The standard InChI is InChI=1S/C9H22N.H2O/c1-6-10(7-2,8-3)9(4)5;/h9H,6-8H2,1-5H3;1H2/q+1;/p-1. The van der Waals surface area contributed by atoms with E-state index in [0.717, 1.165) is 6.04 Å². The van der Waals surface area contributed by atoms with E-state index < -0.39 is 0 Å². The molecule has 0 aromatic rings. The highest BCUT2D eigenvalue weighted by Gasteiger charge is 2.23. The van der Waals surface area contributed by atoms with E-state index in [9.17, 15) is 0 Å². The normalized spacial score (nSPS) is 11.5. The Bertz CT molecular complexity index is 79.3. The maximum atomic E-state index is 2.32. The summed E-state index contributed by atoms with van der Waals surface area (Å²) in [4.78, 5) is 0. The molecule has 0 aliphatic carbocycles. The SMILES string of the molecule is CC[N+](CC)(CC)C(C)C.[OH-]. The first kappa shape index (κ1) is 13.5. The second-order valence-electron chi connectivity index (χ2n) is 3.26. The maximum Gasteiger partial charge on any atom is 0.0833 e. The topological polar surface area (TPSA) is 30.0 Å². The summed E-state index contributed by atoms with van der Waals surface area (Å²) >= 11 is 0. The van der Waals surface area contributed by atoms with Gasteiger partial charge in [0.2, 0.25) is 0 Å². The van der Waals surface area contributed by atoms with Crippen LogP contribution >= 0.6 is 0 Å². The summed E-state index contributed by atoms with van der Waals surface area (Å²) in [5, 5.41) is 0. The van der Waals surface area contributed by atoms with Crippen LogP contribution in [0.2, 0.25) is 0 Å². The first-order valence-electron chi connectivity index (χ1n) is 4.48. The first-order chi connectivity index (χ1) is 4.63. The lowest BCUT2D eigenvalue weighted by molar-refractivity contribution is -0.943. The van der Waals surface area contributed by atoms with Gasteiger partial charge in [-0.25, -0.2) is 0 Å². The Labute approximate surface area is 71.1 Å². The molecule has 0 bridgehead atoms. The largest absolute Gasteiger partial charge is 0.870 e. The van der Waals surface area contributed by atoms with Gasteiger partial charge in [-0.05, 0) is 34.6 Å². The van der Waals surface area contributed by atoms with Gasteiger partial charge in [0.15, 0.2) is 0 Å². The second kappa shape index (κ2) is 5.56. The van der Waals surface area contributed by atoms with Crippen molar-refractivity contribution in [3.8, 4) is 0 Å². The Morgan fingerprint density at radius 3 is 1.18 bits per heavy atom. The highest BCUT2D eigenvalue weighted by molar-refractivity contribution is 4.43. The molecule has 0 aromatic carbocycles. The molecular formula is C9H23NO.